The Hall–Kier alpha value is -1.71. The number of urea groups is 1. The van der Waals surface area contributed by atoms with Crippen LogP contribution in [0, 0.1) is 0 Å². The van der Waals surface area contributed by atoms with Crippen LogP contribution in [-0.2, 0) is 0 Å². The van der Waals surface area contributed by atoms with Crippen molar-refractivity contribution >= 4 is 62.9 Å². The predicted molar refractivity (Wildman–Crippen MR) is 122 cm³/mol. The molecule has 2 saturated heterocycles. The second-order valence-electron chi connectivity index (χ2n) is 7.28. The summed E-state index contributed by atoms with van der Waals surface area (Å²) in [6.45, 7) is 0.770. The van der Waals surface area contributed by atoms with Gasteiger partial charge in [0.05, 0.1) is 10.1 Å². The first-order valence-electron chi connectivity index (χ1n) is 9.46. The molecule has 5 rings (SSSR count). The molecule has 6 nitrogen and oxygen atoms in total. The Morgan fingerprint density at radius 1 is 1.21 bits per heavy atom. The van der Waals surface area contributed by atoms with Crippen molar-refractivity contribution in [2.75, 3.05) is 28.7 Å². The van der Waals surface area contributed by atoms with E-state index in [0.29, 0.717) is 17.1 Å². The first-order chi connectivity index (χ1) is 14.0. The monoisotopic (exact) mass is 490 g/mol. The highest BCUT2D eigenvalue weighted by Crippen LogP contribution is 2.57. The normalized spacial score (nSPS) is 21.8. The van der Waals surface area contributed by atoms with Crippen molar-refractivity contribution < 1.29 is 9.59 Å². The van der Waals surface area contributed by atoms with Gasteiger partial charge in [-0.3, -0.25) is 10.1 Å². The van der Waals surface area contributed by atoms with E-state index in [1.807, 2.05) is 52.7 Å². The molecule has 1 unspecified atom stereocenters. The number of carbonyl (C=O) groups is 2. The number of aromatic nitrogens is 1. The number of hydrogen-bond donors (Lipinski definition) is 2. The number of thioether (sulfide) groups is 2. The number of piperidine rings is 1. The van der Waals surface area contributed by atoms with Crippen molar-refractivity contribution in [1.82, 2.24) is 9.88 Å². The highest BCUT2D eigenvalue weighted by Gasteiger charge is 2.49. The van der Waals surface area contributed by atoms with Gasteiger partial charge in [-0.2, -0.15) is 0 Å². The largest absolute Gasteiger partial charge is 0.331 e. The van der Waals surface area contributed by atoms with Crippen molar-refractivity contribution in [2.45, 2.75) is 23.0 Å². The Kier molecular flexibility index (Phi) is 4.99. The SMILES string of the molecule is O=C(Nc1ccc(Br)cn1)Nc1cccc2c1C1CC3(CCN1C2=O)SCCS3. The molecule has 2 N–H and O–H groups in total. The maximum Gasteiger partial charge on any atom is 0.324 e. The number of fused-ring (bicyclic) bond motifs is 3. The number of hydrogen-bond acceptors (Lipinski definition) is 5. The molecule has 9 heteroatoms. The van der Waals surface area contributed by atoms with E-state index in [4.69, 9.17) is 0 Å². The van der Waals surface area contributed by atoms with Gasteiger partial charge in [-0.1, -0.05) is 6.07 Å². The maximum absolute atomic E-state index is 13.0. The summed E-state index contributed by atoms with van der Waals surface area (Å²) in [6, 6.07) is 8.78. The molecule has 2 aromatic rings. The lowest BCUT2D eigenvalue weighted by Crippen LogP contribution is -2.41. The third-order valence-corrected chi connectivity index (χ3v) is 9.62. The van der Waals surface area contributed by atoms with E-state index >= 15 is 0 Å². The van der Waals surface area contributed by atoms with Gasteiger partial charge in [-0.05, 0) is 53.0 Å². The number of nitrogens with zero attached hydrogens (tertiary/aromatic N) is 2. The Morgan fingerprint density at radius 2 is 2.03 bits per heavy atom. The molecule has 2 fully saturated rings. The zero-order valence-corrected chi connectivity index (χ0v) is 18.7. The van der Waals surface area contributed by atoms with Crippen LogP contribution in [0.3, 0.4) is 0 Å². The minimum Gasteiger partial charge on any atom is -0.331 e. The molecule has 1 atom stereocenters. The number of pyridine rings is 1. The second-order valence-corrected chi connectivity index (χ2v) is 11.4. The van der Waals surface area contributed by atoms with Crippen molar-refractivity contribution in [3.8, 4) is 0 Å². The lowest BCUT2D eigenvalue weighted by molar-refractivity contribution is 0.0669. The summed E-state index contributed by atoms with van der Waals surface area (Å²) in [5.41, 5.74) is 2.35. The van der Waals surface area contributed by atoms with Crippen molar-refractivity contribution in [2.24, 2.45) is 0 Å². The van der Waals surface area contributed by atoms with Gasteiger partial charge >= 0.3 is 6.03 Å². The summed E-state index contributed by atoms with van der Waals surface area (Å²) in [4.78, 5) is 31.7. The molecule has 0 radical (unpaired) electrons. The van der Waals surface area contributed by atoms with Crippen LogP contribution in [0.4, 0.5) is 16.3 Å². The second kappa shape index (κ2) is 7.52. The summed E-state index contributed by atoms with van der Waals surface area (Å²) in [5, 5.41) is 5.70. The molecule has 150 valence electrons. The lowest BCUT2D eigenvalue weighted by Gasteiger charge is -2.41. The molecule has 3 aliphatic rings. The first-order valence-corrected chi connectivity index (χ1v) is 12.2. The summed E-state index contributed by atoms with van der Waals surface area (Å²) in [5.74, 6) is 2.87. The number of amides is 3. The number of rotatable bonds is 2. The van der Waals surface area contributed by atoms with E-state index in [1.54, 1.807) is 12.3 Å². The summed E-state index contributed by atoms with van der Waals surface area (Å²) < 4.78 is 1.04. The van der Waals surface area contributed by atoms with Crippen LogP contribution in [0.5, 0.6) is 0 Å². The van der Waals surface area contributed by atoms with Crippen LogP contribution in [0.25, 0.3) is 0 Å². The van der Waals surface area contributed by atoms with Gasteiger partial charge in [-0.25, -0.2) is 9.78 Å². The van der Waals surface area contributed by atoms with E-state index in [-0.39, 0.29) is 22.1 Å². The van der Waals surface area contributed by atoms with Crippen LogP contribution in [0.2, 0.25) is 0 Å². The fourth-order valence-electron chi connectivity index (χ4n) is 4.31. The highest BCUT2D eigenvalue weighted by atomic mass is 79.9. The molecular weight excluding hydrogens is 472 g/mol. The molecule has 4 heterocycles. The van der Waals surface area contributed by atoms with Gasteiger partial charge in [0.2, 0.25) is 0 Å². The van der Waals surface area contributed by atoms with Crippen molar-refractivity contribution in [1.29, 1.82) is 0 Å². The molecule has 3 aliphatic heterocycles. The van der Waals surface area contributed by atoms with E-state index in [9.17, 15) is 9.59 Å². The fraction of sp³-hybridized carbons (Fsp3) is 0.350. The molecule has 0 saturated carbocycles. The minimum absolute atomic E-state index is 0.0201. The van der Waals surface area contributed by atoms with Crippen LogP contribution >= 0.6 is 39.5 Å². The smallest absolute Gasteiger partial charge is 0.324 e. The van der Waals surface area contributed by atoms with Gasteiger partial charge < -0.3 is 10.2 Å². The quantitative estimate of drug-likeness (QED) is 0.622. The van der Waals surface area contributed by atoms with Crippen LogP contribution in [0.15, 0.2) is 41.0 Å². The maximum atomic E-state index is 13.0. The fourth-order valence-corrected chi connectivity index (χ4v) is 7.81. The first kappa shape index (κ1) is 19.3. The Balaban J connectivity index is 1.41. The molecule has 1 aromatic heterocycles. The Bertz CT molecular complexity index is 979. The number of anilines is 2. The van der Waals surface area contributed by atoms with E-state index in [1.165, 1.54) is 11.5 Å². The average molecular weight is 491 g/mol. The summed E-state index contributed by atoms with van der Waals surface area (Å²) in [6.07, 6.45) is 3.58. The topological polar surface area (TPSA) is 74.3 Å². The van der Waals surface area contributed by atoms with E-state index < -0.39 is 0 Å². The Morgan fingerprint density at radius 3 is 2.79 bits per heavy atom. The zero-order chi connectivity index (χ0) is 20.0. The summed E-state index contributed by atoms with van der Waals surface area (Å²) >= 11 is 7.38. The van der Waals surface area contributed by atoms with Crippen molar-refractivity contribution in [3.63, 3.8) is 0 Å². The third-order valence-electron chi connectivity index (χ3n) is 5.58. The number of benzene rings is 1. The van der Waals surface area contributed by atoms with E-state index in [0.717, 1.165) is 29.4 Å². The average Bonchev–Trinajstić information content (AvgIpc) is 3.27. The van der Waals surface area contributed by atoms with E-state index in [2.05, 4.69) is 31.5 Å². The standard InChI is InChI=1S/C20H19BrN4O2S2/c21-12-4-5-16(22-11-12)24-19(27)23-14-3-1-2-13-17(14)15-10-20(28-8-9-29-20)6-7-25(15)18(13)26/h1-5,11,15H,6-10H2,(H2,22,23,24,27). The number of carbonyl (C=O) groups excluding carboxylic acids is 2. The van der Waals surface area contributed by atoms with Crippen LogP contribution in [0.1, 0.15) is 34.8 Å². The van der Waals surface area contributed by atoms with Crippen LogP contribution in [-0.4, -0.2) is 44.0 Å². The molecule has 3 amide bonds. The number of nitrogens with one attached hydrogen (secondary N) is 2. The predicted octanol–water partition coefficient (Wildman–Crippen LogP) is 4.96. The van der Waals surface area contributed by atoms with Crippen molar-refractivity contribution in [3.05, 3.63) is 52.1 Å². The Labute approximate surface area is 185 Å². The zero-order valence-electron chi connectivity index (χ0n) is 15.5. The van der Waals surface area contributed by atoms with Gasteiger partial charge in [0, 0.05) is 45.5 Å². The minimum atomic E-state index is -0.366. The van der Waals surface area contributed by atoms with Crippen LogP contribution < -0.4 is 10.6 Å². The number of halogens is 1. The third kappa shape index (κ3) is 3.53. The van der Waals surface area contributed by atoms with Gasteiger partial charge in [0.15, 0.2) is 0 Å². The molecule has 0 bridgehead atoms. The van der Waals surface area contributed by atoms with Gasteiger partial charge in [-0.15, -0.1) is 23.5 Å². The molecule has 0 aliphatic carbocycles. The highest BCUT2D eigenvalue weighted by molar-refractivity contribution is 9.10. The molecule has 29 heavy (non-hydrogen) atoms. The molecule has 1 aromatic carbocycles. The van der Waals surface area contributed by atoms with Gasteiger partial charge in [0.25, 0.3) is 5.91 Å². The summed E-state index contributed by atoms with van der Waals surface area (Å²) in [7, 11) is 0. The molecule has 1 spiro atoms. The molecular formula is C20H19BrN4O2S2. The lowest BCUT2D eigenvalue weighted by atomic mass is 9.95. The van der Waals surface area contributed by atoms with Gasteiger partial charge in [0.1, 0.15) is 5.82 Å².